The fourth-order valence-electron chi connectivity index (χ4n) is 0. The number of hydrogen-bond acceptors (Lipinski definition) is 5. The topological polar surface area (TPSA) is 91.3 Å². The zero-order valence-electron chi connectivity index (χ0n) is 4.94. The van der Waals surface area contributed by atoms with Crippen LogP contribution >= 0.6 is 0 Å². The predicted octanol–water partition coefficient (Wildman–Crippen LogP) is -0.889. The third kappa shape index (κ3) is 9.74. The lowest BCUT2D eigenvalue weighted by molar-refractivity contribution is -0.0517. The minimum absolute atomic E-state index is 2.17. The van der Waals surface area contributed by atoms with Crippen molar-refractivity contribution in [2.45, 2.75) is 5.51 Å². The van der Waals surface area contributed by atoms with Crippen molar-refractivity contribution in [1.29, 1.82) is 0 Å². The normalized spacial score (nSPS) is 11.3. The lowest BCUT2D eigenvalue weighted by atomic mass is 11.6. The molecule has 0 heterocycles. The highest BCUT2D eigenvalue weighted by Gasteiger charge is 2.36. The Balaban J connectivity index is 0. The molecule has 0 saturated carbocycles. The predicted molar refractivity (Wildman–Crippen MR) is 33.4 cm³/mol. The molecular formula is CHF3O5S3. The van der Waals surface area contributed by atoms with Crippen LogP contribution < -0.4 is 0 Å². The highest BCUT2D eigenvalue weighted by Crippen LogP contribution is 2.20. The van der Waals surface area contributed by atoms with Crippen molar-refractivity contribution in [3.8, 4) is 0 Å². The minimum atomic E-state index is -6.09. The third-order valence-corrected chi connectivity index (χ3v) is 0.850. The molecule has 0 N–H and O–H groups in total. The number of rotatable bonds is 0. The molecule has 0 radical (unpaired) electrons. The number of hydrogen-bond donors (Lipinski definition) is 0. The van der Waals surface area contributed by atoms with Gasteiger partial charge in [0.05, 0.1) is 0 Å². The third-order valence-electron chi connectivity index (χ3n) is 0.283. The summed E-state index contributed by atoms with van der Waals surface area (Å²) in [7, 11) is -8.26. The maximum Gasteiger partial charge on any atom is 0.485 e. The van der Waals surface area contributed by atoms with Crippen LogP contribution in [0, 0.1) is 0 Å². The lowest BCUT2D eigenvalue weighted by Gasteiger charge is -2.08. The van der Waals surface area contributed by atoms with Gasteiger partial charge in [-0.15, -0.1) is 8.42 Å². The van der Waals surface area contributed by atoms with Crippen LogP contribution in [0.2, 0.25) is 0 Å². The smallest absolute Gasteiger partial charge is 0.485 e. The summed E-state index contributed by atoms with van der Waals surface area (Å²) >= 11 is 2.88. The average Bonchev–Trinajstić information content (AvgIpc) is 1.55. The molecule has 0 aliphatic rings. The summed E-state index contributed by atoms with van der Waals surface area (Å²) in [5.41, 5.74) is -5.65. The van der Waals surface area contributed by atoms with E-state index in [1.165, 1.54) is 0 Å². The van der Waals surface area contributed by atoms with Gasteiger partial charge in [0.1, 0.15) is 0 Å². The average molecular weight is 246 g/mol. The summed E-state index contributed by atoms with van der Waals surface area (Å²) in [6, 6.07) is 0. The van der Waals surface area contributed by atoms with Crippen molar-refractivity contribution < 1.29 is 34.6 Å². The van der Waals surface area contributed by atoms with Crippen LogP contribution in [0.4, 0.5) is 13.2 Å². The second-order valence-electron chi connectivity index (χ2n) is 1.12. The SMILES string of the molecule is O=S(=O)([O-])C(F)(F)F.O=S(=O)=[SH+]. The summed E-state index contributed by atoms with van der Waals surface area (Å²) in [6.07, 6.45) is 0. The Hall–Kier alpha value is -0.260. The van der Waals surface area contributed by atoms with Crippen LogP contribution in [0.25, 0.3) is 0 Å². The van der Waals surface area contributed by atoms with Gasteiger partial charge >= 0.3 is 26.0 Å². The van der Waals surface area contributed by atoms with Crippen LogP contribution in [0.3, 0.4) is 0 Å². The zero-order valence-corrected chi connectivity index (χ0v) is 7.47. The molecule has 0 aromatic heterocycles. The van der Waals surface area contributed by atoms with Crippen molar-refractivity contribution in [3.63, 3.8) is 0 Å². The van der Waals surface area contributed by atoms with E-state index in [-0.39, 0.29) is 0 Å². The van der Waals surface area contributed by atoms with Gasteiger partial charge in [-0.05, 0) is 0 Å². The summed E-state index contributed by atoms with van der Waals surface area (Å²) in [4.78, 5) is 0. The van der Waals surface area contributed by atoms with Crippen LogP contribution in [0.15, 0.2) is 0 Å². The van der Waals surface area contributed by atoms with Gasteiger partial charge in [0.2, 0.25) is 0 Å². The molecule has 0 aromatic carbocycles. The Morgan fingerprint density at radius 1 is 1.25 bits per heavy atom. The van der Waals surface area contributed by atoms with Gasteiger partial charge in [0, 0.05) is 0 Å². The molecule has 5 nitrogen and oxygen atoms in total. The lowest BCUT2D eigenvalue weighted by Crippen LogP contribution is -2.21. The second kappa shape index (κ2) is 4.69. The van der Waals surface area contributed by atoms with Crippen molar-refractivity contribution >= 4 is 30.6 Å². The fourth-order valence-corrected chi connectivity index (χ4v) is 0. The van der Waals surface area contributed by atoms with E-state index in [9.17, 15) is 13.2 Å². The van der Waals surface area contributed by atoms with E-state index >= 15 is 0 Å². The van der Waals surface area contributed by atoms with E-state index in [0.717, 1.165) is 0 Å². The molecule has 0 fully saturated rings. The van der Waals surface area contributed by atoms with Crippen molar-refractivity contribution in [2.75, 3.05) is 0 Å². The first kappa shape index (κ1) is 14.3. The van der Waals surface area contributed by atoms with Gasteiger partial charge in [-0.1, -0.05) is 0 Å². The van der Waals surface area contributed by atoms with Gasteiger partial charge in [-0.25, -0.2) is 8.42 Å². The largest absolute Gasteiger partial charge is 0.741 e. The summed E-state index contributed by atoms with van der Waals surface area (Å²) in [5, 5.41) is 0. The first-order valence-corrected chi connectivity index (χ1v) is 5.32. The summed E-state index contributed by atoms with van der Waals surface area (Å²) in [6.45, 7) is 0. The summed E-state index contributed by atoms with van der Waals surface area (Å²) < 4.78 is 76.6. The van der Waals surface area contributed by atoms with Crippen LogP contribution in [0.1, 0.15) is 0 Å². The van der Waals surface area contributed by atoms with Crippen molar-refractivity contribution in [2.24, 2.45) is 0 Å². The maximum atomic E-state index is 10.7. The van der Waals surface area contributed by atoms with Crippen LogP contribution in [0.5, 0.6) is 0 Å². The molecule has 0 amide bonds. The molecule has 0 spiro atoms. The second-order valence-corrected chi connectivity index (χ2v) is 3.82. The maximum absolute atomic E-state index is 10.7. The van der Waals surface area contributed by atoms with Gasteiger partial charge in [0.15, 0.2) is 10.1 Å². The fraction of sp³-hybridized carbons (Fsp3) is 1.00. The molecule has 12 heavy (non-hydrogen) atoms. The van der Waals surface area contributed by atoms with Crippen molar-refractivity contribution in [3.05, 3.63) is 0 Å². The van der Waals surface area contributed by atoms with E-state index in [4.69, 9.17) is 21.4 Å². The molecule has 11 heteroatoms. The monoisotopic (exact) mass is 246 g/mol. The Bertz CT molecular complexity index is 311. The Labute approximate surface area is 71.1 Å². The molecule has 0 saturated heterocycles. The van der Waals surface area contributed by atoms with E-state index in [2.05, 4.69) is 11.2 Å². The Kier molecular flexibility index (Phi) is 5.58. The number of alkyl halides is 3. The van der Waals surface area contributed by atoms with E-state index in [0.29, 0.717) is 0 Å². The highest BCUT2D eigenvalue weighted by atomic mass is 32.8. The van der Waals surface area contributed by atoms with Gasteiger partial charge < -0.3 is 4.55 Å². The molecule has 0 atom stereocenters. The molecule has 0 aromatic rings. The van der Waals surface area contributed by atoms with Gasteiger partial charge in [-0.3, -0.25) is 0 Å². The Morgan fingerprint density at radius 2 is 1.33 bits per heavy atom. The molecule has 0 aliphatic carbocycles. The zero-order chi connectivity index (χ0) is 10.6. The molecule has 0 aliphatic heterocycles. The first-order valence-electron chi connectivity index (χ1n) is 1.79. The van der Waals surface area contributed by atoms with E-state index in [1.807, 2.05) is 0 Å². The molecule has 0 rings (SSSR count). The van der Waals surface area contributed by atoms with Crippen molar-refractivity contribution in [1.82, 2.24) is 0 Å². The first-order chi connectivity index (χ1) is 4.98. The van der Waals surface area contributed by atoms with Gasteiger partial charge in [0.25, 0.3) is 0 Å². The minimum Gasteiger partial charge on any atom is -0.741 e. The standard InChI is InChI=1S/CHF3O3S.O2S2/c2-1(3,4)8(5,6)7;1-4(2)3/h(H,5,6,7);. The van der Waals surface area contributed by atoms with E-state index in [1.54, 1.807) is 0 Å². The molecular weight excluding hydrogens is 245 g/mol. The van der Waals surface area contributed by atoms with Gasteiger partial charge in [-0.2, -0.15) is 13.2 Å². The van der Waals surface area contributed by atoms with Crippen LogP contribution in [-0.2, 0) is 30.6 Å². The number of halogens is 3. The van der Waals surface area contributed by atoms with E-state index < -0.39 is 24.9 Å². The molecule has 0 bridgehead atoms. The summed E-state index contributed by atoms with van der Waals surface area (Å²) in [5.74, 6) is 0. The highest BCUT2D eigenvalue weighted by molar-refractivity contribution is 8.14. The molecule has 74 valence electrons. The van der Waals surface area contributed by atoms with Crippen LogP contribution in [-0.4, -0.2) is 26.9 Å². The molecule has 0 unspecified atom stereocenters. The Morgan fingerprint density at radius 3 is 1.33 bits per heavy atom. The number of thiol groups is 1. The quantitative estimate of drug-likeness (QED) is 0.239.